The number of carbonyl (C=O) groups is 2. The molecule has 2 amide bonds. The maximum absolute atomic E-state index is 12.2. The minimum Gasteiger partial charge on any atom is -0.497 e. The third kappa shape index (κ3) is 4.33. The van der Waals surface area contributed by atoms with Crippen LogP contribution < -0.4 is 15.0 Å². The van der Waals surface area contributed by atoms with Crippen LogP contribution in [0.5, 0.6) is 5.75 Å². The van der Waals surface area contributed by atoms with Crippen molar-refractivity contribution < 1.29 is 14.3 Å². The zero-order valence-corrected chi connectivity index (χ0v) is 14.8. The van der Waals surface area contributed by atoms with E-state index in [2.05, 4.69) is 5.32 Å². The van der Waals surface area contributed by atoms with Crippen molar-refractivity contribution in [1.29, 1.82) is 0 Å². The van der Waals surface area contributed by atoms with E-state index in [9.17, 15) is 9.59 Å². The van der Waals surface area contributed by atoms with Crippen LogP contribution in [-0.2, 0) is 16.1 Å². The fourth-order valence-corrected chi connectivity index (χ4v) is 3.62. The van der Waals surface area contributed by atoms with Crippen molar-refractivity contribution in [2.45, 2.75) is 17.9 Å². The molecule has 2 aromatic carbocycles. The van der Waals surface area contributed by atoms with Gasteiger partial charge in [-0.2, -0.15) is 0 Å². The van der Waals surface area contributed by atoms with Crippen LogP contribution in [0.1, 0.15) is 12.0 Å². The molecule has 3 rings (SSSR count). The molecule has 25 heavy (non-hydrogen) atoms. The summed E-state index contributed by atoms with van der Waals surface area (Å²) in [5.74, 6) is 1.15. The number of ether oxygens (including phenoxy) is 1. The van der Waals surface area contributed by atoms with Crippen LogP contribution in [0.15, 0.2) is 53.4 Å². The van der Waals surface area contributed by atoms with Gasteiger partial charge < -0.3 is 15.0 Å². The van der Waals surface area contributed by atoms with Gasteiger partial charge in [-0.05, 0) is 29.8 Å². The smallest absolute Gasteiger partial charge is 0.237 e. The van der Waals surface area contributed by atoms with Gasteiger partial charge in [0.1, 0.15) is 5.75 Å². The van der Waals surface area contributed by atoms with Crippen molar-refractivity contribution >= 4 is 29.3 Å². The van der Waals surface area contributed by atoms with Gasteiger partial charge in [0.25, 0.3) is 0 Å². The fourth-order valence-electron chi connectivity index (χ4n) is 2.68. The summed E-state index contributed by atoms with van der Waals surface area (Å²) in [4.78, 5) is 27.1. The van der Waals surface area contributed by atoms with E-state index in [1.807, 2.05) is 48.5 Å². The summed E-state index contributed by atoms with van der Waals surface area (Å²) in [5.41, 5.74) is 1.87. The Morgan fingerprint density at radius 1 is 1.24 bits per heavy atom. The highest BCUT2D eigenvalue weighted by atomic mass is 32.2. The standard InChI is InChI=1S/C19H20N2O3S/c1-24-15-6-4-5-14(11-15)12-20-18(22)9-10-21-16-7-2-3-8-17(16)25-13-19(21)23/h2-8,11H,9-10,12-13H2,1H3,(H,20,22). The Bertz CT molecular complexity index is 779. The topological polar surface area (TPSA) is 58.6 Å². The van der Waals surface area contributed by atoms with E-state index in [0.717, 1.165) is 21.9 Å². The molecule has 6 heteroatoms. The van der Waals surface area contributed by atoms with E-state index in [-0.39, 0.29) is 18.2 Å². The van der Waals surface area contributed by atoms with Crippen LogP contribution in [0.3, 0.4) is 0 Å². The van der Waals surface area contributed by atoms with Crippen LogP contribution in [-0.4, -0.2) is 31.2 Å². The van der Waals surface area contributed by atoms with Crippen molar-refractivity contribution in [3.8, 4) is 5.75 Å². The monoisotopic (exact) mass is 356 g/mol. The molecule has 1 N–H and O–H groups in total. The molecule has 0 saturated carbocycles. The lowest BCUT2D eigenvalue weighted by molar-refractivity contribution is -0.121. The van der Waals surface area contributed by atoms with E-state index in [1.54, 1.807) is 23.8 Å². The van der Waals surface area contributed by atoms with Crippen LogP contribution >= 0.6 is 11.8 Å². The summed E-state index contributed by atoms with van der Waals surface area (Å²) in [7, 11) is 1.61. The molecule has 1 aliphatic heterocycles. The highest BCUT2D eigenvalue weighted by molar-refractivity contribution is 8.00. The molecule has 0 aromatic heterocycles. The van der Waals surface area contributed by atoms with E-state index < -0.39 is 0 Å². The average Bonchev–Trinajstić information content (AvgIpc) is 2.65. The molecule has 5 nitrogen and oxygen atoms in total. The minimum absolute atomic E-state index is 0.0456. The summed E-state index contributed by atoms with van der Waals surface area (Å²) in [6, 6.07) is 15.4. The number of carbonyl (C=O) groups excluding carboxylic acids is 2. The maximum Gasteiger partial charge on any atom is 0.237 e. The lowest BCUT2D eigenvalue weighted by atomic mass is 10.2. The Morgan fingerprint density at radius 3 is 2.92 bits per heavy atom. The number of hydrogen-bond acceptors (Lipinski definition) is 4. The highest BCUT2D eigenvalue weighted by Crippen LogP contribution is 2.34. The average molecular weight is 356 g/mol. The van der Waals surface area contributed by atoms with Crippen LogP contribution in [0, 0.1) is 0 Å². The van der Waals surface area contributed by atoms with Gasteiger partial charge >= 0.3 is 0 Å². The summed E-state index contributed by atoms with van der Waals surface area (Å²) in [6.07, 6.45) is 0.273. The van der Waals surface area contributed by atoms with Gasteiger partial charge in [0, 0.05) is 24.4 Å². The summed E-state index contributed by atoms with van der Waals surface area (Å²) in [5, 5.41) is 2.89. The molecule has 0 bridgehead atoms. The zero-order valence-electron chi connectivity index (χ0n) is 14.0. The first kappa shape index (κ1) is 17.4. The van der Waals surface area contributed by atoms with E-state index in [1.165, 1.54) is 0 Å². The number of fused-ring (bicyclic) bond motifs is 1. The Labute approximate surface area is 151 Å². The molecule has 0 fully saturated rings. The highest BCUT2D eigenvalue weighted by Gasteiger charge is 2.24. The van der Waals surface area contributed by atoms with Crippen LogP contribution in [0.2, 0.25) is 0 Å². The number of rotatable bonds is 6. The molecule has 2 aromatic rings. The SMILES string of the molecule is COc1cccc(CNC(=O)CCN2C(=O)CSc3ccccc32)c1. The number of nitrogens with one attached hydrogen (secondary N) is 1. The fraction of sp³-hybridized carbons (Fsp3) is 0.263. The number of thioether (sulfide) groups is 1. The molecule has 0 spiro atoms. The lowest BCUT2D eigenvalue weighted by Crippen LogP contribution is -2.38. The van der Waals surface area contributed by atoms with Gasteiger partial charge in [0.05, 0.1) is 18.6 Å². The van der Waals surface area contributed by atoms with Crippen molar-refractivity contribution in [3.63, 3.8) is 0 Å². The molecule has 0 aliphatic carbocycles. The molecular weight excluding hydrogens is 336 g/mol. The summed E-state index contributed by atoms with van der Waals surface area (Å²) < 4.78 is 5.17. The van der Waals surface area contributed by atoms with Gasteiger partial charge in [0.2, 0.25) is 11.8 Å². The second-order valence-electron chi connectivity index (χ2n) is 5.68. The maximum atomic E-state index is 12.2. The summed E-state index contributed by atoms with van der Waals surface area (Å²) in [6.45, 7) is 0.830. The van der Waals surface area contributed by atoms with Gasteiger partial charge in [-0.3, -0.25) is 9.59 Å². The molecule has 130 valence electrons. The number of nitrogens with zero attached hydrogens (tertiary/aromatic N) is 1. The quantitative estimate of drug-likeness (QED) is 0.865. The number of hydrogen-bond donors (Lipinski definition) is 1. The van der Waals surface area contributed by atoms with E-state index >= 15 is 0 Å². The molecule has 1 heterocycles. The molecular formula is C19H20N2O3S. The number of amides is 2. The van der Waals surface area contributed by atoms with Crippen molar-refractivity contribution in [2.24, 2.45) is 0 Å². The minimum atomic E-state index is -0.0775. The zero-order chi connectivity index (χ0) is 17.6. The molecule has 1 aliphatic rings. The van der Waals surface area contributed by atoms with Gasteiger partial charge in [0.15, 0.2) is 0 Å². The first-order valence-electron chi connectivity index (χ1n) is 8.09. The number of benzene rings is 2. The molecule has 0 radical (unpaired) electrons. The normalized spacial score (nSPS) is 13.3. The predicted molar refractivity (Wildman–Crippen MR) is 99.0 cm³/mol. The largest absolute Gasteiger partial charge is 0.497 e. The van der Waals surface area contributed by atoms with Crippen molar-refractivity contribution in [2.75, 3.05) is 24.3 Å². The third-order valence-corrected chi connectivity index (χ3v) is 5.04. The molecule has 0 unspecified atom stereocenters. The number of anilines is 1. The first-order valence-corrected chi connectivity index (χ1v) is 9.08. The lowest BCUT2D eigenvalue weighted by Gasteiger charge is -2.28. The van der Waals surface area contributed by atoms with E-state index in [0.29, 0.717) is 18.8 Å². The van der Waals surface area contributed by atoms with Crippen molar-refractivity contribution in [3.05, 3.63) is 54.1 Å². The van der Waals surface area contributed by atoms with Gasteiger partial charge in [-0.15, -0.1) is 11.8 Å². The second kappa shape index (κ2) is 8.07. The predicted octanol–water partition coefficient (Wildman–Crippen LogP) is 2.84. The molecule has 0 atom stereocenters. The number of para-hydroxylation sites is 1. The Kier molecular flexibility index (Phi) is 5.60. The van der Waals surface area contributed by atoms with E-state index in [4.69, 9.17) is 4.74 Å². The molecule has 0 saturated heterocycles. The first-order chi connectivity index (χ1) is 12.2. The Morgan fingerprint density at radius 2 is 2.08 bits per heavy atom. The van der Waals surface area contributed by atoms with Crippen LogP contribution in [0.4, 0.5) is 5.69 Å². The van der Waals surface area contributed by atoms with Crippen molar-refractivity contribution in [1.82, 2.24) is 5.32 Å². The van der Waals surface area contributed by atoms with Gasteiger partial charge in [-0.1, -0.05) is 24.3 Å². The second-order valence-corrected chi connectivity index (χ2v) is 6.70. The van der Waals surface area contributed by atoms with Gasteiger partial charge in [-0.25, -0.2) is 0 Å². The Hall–Kier alpha value is -2.47. The number of methoxy groups -OCH3 is 1. The van der Waals surface area contributed by atoms with Crippen LogP contribution in [0.25, 0.3) is 0 Å². The Balaban J connectivity index is 1.54. The third-order valence-electron chi connectivity index (χ3n) is 3.99. The summed E-state index contributed by atoms with van der Waals surface area (Å²) >= 11 is 1.54.